The molecule has 82 valence electrons. The number of rotatable bonds is 2. The normalized spacial score (nSPS) is 28.9. The molecular formula is C9H19N3O2. The summed E-state index contributed by atoms with van der Waals surface area (Å²) in [6.45, 7) is 4.41. The highest BCUT2D eigenvalue weighted by atomic mass is 16.7. The van der Waals surface area contributed by atoms with Gasteiger partial charge in [-0.2, -0.15) is 0 Å². The van der Waals surface area contributed by atoms with Crippen molar-refractivity contribution in [2.75, 3.05) is 40.8 Å². The zero-order valence-electron chi connectivity index (χ0n) is 9.33. The molecule has 1 amide bonds. The maximum Gasteiger partial charge on any atom is 0.267 e. The number of piperazine rings is 1. The maximum atomic E-state index is 11.9. The van der Waals surface area contributed by atoms with Gasteiger partial charge < -0.3 is 10.2 Å². The Hall–Kier alpha value is -0.650. The Morgan fingerprint density at radius 3 is 2.79 bits per heavy atom. The predicted octanol–water partition coefficient (Wildman–Crippen LogP) is -0.700. The molecule has 0 saturated carbocycles. The smallest absolute Gasteiger partial charge is 0.267 e. The molecule has 1 saturated heterocycles. The summed E-state index contributed by atoms with van der Waals surface area (Å²) >= 11 is 0. The first kappa shape index (κ1) is 11.4. The van der Waals surface area contributed by atoms with Crippen LogP contribution in [0.15, 0.2) is 0 Å². The van der Waals surface area contributed by atoms with Crippen LogP contribution in [0.1, 0.15) is 6.92 Å². The van der Waals surface area contributed by atoms with Crippen LogP contribution in [-0.4, -0.2) is 62.2 Å². The summed E-state index contributed by atoms with van der Waals surface area (Å²) in [6.07, 6.45) is 0. The van der Waals surface area contributed by atoms with E-state index in [2.05, 4.69) is 10.2 Å². The van der Waals surface area contributed by atoms with E-state index in [1.54, 1.807) is 7.05 Å². The molecule has 1 unspecified atom stereocenters. The van der Waals surface area contributed by atoms with Gasteiger partial charge in [0.05, 0.1) is 7.11 Å². The SMILES string of the molecule is CON(C)C(=O)C1(C)CN(C)CCN1. The van der Waals surface area contributed by atoms with E-state index in [-0.39, 0.29) is 5.91 Å². The van der Waals surface area contributed by atoms with Crippen LogP contribution in [0, 0.1) is 0 Å². The first-order chi connectivity index (χ1) is 6.49. The largest absolute Gasteiger partial charge is 0.303 e. The minimum atomic E-state index is -0.530. The van der Waals surface area contributed by atoms with Gasteiger partial charge in [0.2, 0.25) is 0 Å². The number of hydroxylamine groups is 2. The third-order valence-electron chi connectivity index (χ3n) is 2.63. The quantitative estimate of drug-likeness (QED) is 0.600. The first-order valence-corrected chi connectivity index (χ1v) is 4.75. The second kappa shape index (κ2) is 4.25. The van der Waals surface area contributed by atoms with E-state index >= 15 is 0 Å². The number of likely N-dealkylation sites (N-methyl/N-ethyl adjacent to an activating group) is 2. The second-order valence-corrected chi connectivity index (χ2v) is 3.98. The van der Waals surface area contributed by atoms with Crippen LogP contribution < -0.4 is 5.32 Å². The number of hydrogen-bond acceptors (Lipinski definition) is 4. The Balaban J connectivity index is 2.68. The van der Waals surface area contributed by atoms with E-state index in [9.17, 15) is 4.79 Å². The third-order valence-corrected chi connectivity index (χ3v) is 2.63. The van der Waals surface area contributed by atoms with Crippen molar-refractivity contribution in [2.24, 2.45) is 0 Å². The number of nitrogens with one attached hydrogen (secondary N) is 1. The van der Waals surface area contributed by atoms with Crippen LogP contribution in [-0.2, 0) is 9.63 Å². The average Bonchev–Trinajstić information content (AvgIpc) is 2.15. The van der Waals surface area contributed by atoms with Gasteiger partial charge in [0, 0.05) is 26.7 Å². The Bertz CT molecular complexity index is 222. The molecule has 0 radical (unpaired) electrons. The molecule has 1 N–H and O–H groups in total. The van der Waals surface area contributed by atoms with Crippen molar-refractivity contribution in [3.05, 3.63) is 0 Å². The summed E-state index contributed by atoms with van der Waals surface area (Å²) in [5.41, 5.74) is -0.530. The lowest BCUT2D eigenvalue weighted by Crippen LogP contribution is -2.64. The van der Waals surface area contributed by atoms with Crippen LogP contribution >= 0.6 is 0 Å². The summed E-state index contributed by atoms with van der Waals surface area (Å²) in [4.78, 5) is 18.9. The number of carbonyl (C=O) groups is 1. The van der Waals surface area contributed by atoms with Gasteiger partial charge in [-0.25, -0.2) is 5.06 Å². The molecular weight excluding hydrogens is 182 g/mol. The molecule has 0 aliphatic carbocycles. The van der Waals surface area contributed by atoms with Crippen LogP contribution in [0.5, 0.6) is 0 Å². The van der Waals surface area contributed by atoms with Gasteiger partial charge in [0.1, 0.15) is 5.54 Å². The van der Waals surface area contributed by atoms with Gasteiger partial charge in [0.15, 0.2) is 0 Å². The van der Waals surface area contributed by atoms with Gasteiger partial charge in [-0.1, -0.05) is 0 Å². The molecule has 0 aromatic carbocycles. The van der Waals surface area contributed by atoms with Gasteiger partial charge in [-0.05, 0) is 14.0 Å². The highest BCUT2D eigenvalue weighted by Gasteiger charge is 2.38. The molecule has 0 aromatic heterocycles. The lowest BCUT2D eigenvalue weighted by atomic mass is 9.98. The summed E-state index contributed by atoms with van der Waals surface area (Å²) < 4.78 is 0. The van der Waals surface area contributed by atoms with E-state index in [1.807, 2.05) is 14.0 Å². The minimum Gasteiger partial charge on any atom is -0.303 e. The number of carbonyl (C=O) groups excluding carboxylic acids is 1. The van der Waals surface area contributed by atoms with Crippen molar-refractivity contribution < 1.29 is 9.63 Å². The second-order valence-electron chi connectivity index (χ2n) is 3.98. The summed E-state index contributed by atoms with van der Waals surface area (Å²) in [6, 6.07) is 0. The molecule has 0 spiro atoms. The zero-order chi connectivity index (χ0) is 10.8. The highest BCUT2D eigenvalue weighted by Crippen LogP contribution is 2.13. The van der Waals surface area contributed by atoms with E-state index in [0.717, 1.165) is 13.1 Å². The molecule has 1 rings (SSSR count). The third kappa shape index (κ3) is 2.23. The highest BCUT2D eigenvalue weighted by molar-refractivity contribution is 5.85. The molecule has 1 atom stereocenters. The minimum absolute atomic E-state index is 0.0356. The first-order valence-electron chi connectivity index (χ1n) is 4.75. The molecule has 5 nitrogen and oxygen atoms in total. The van der Waals surface area contributed by atoms with E-state index in [0.29, 0.717) is 6.54 Å². The Kier molecular flexibility index (Phi) is 3.47. The summed E-state index contributed by atoms with van der Waals surface area (Å²) in [5.74, 6) is -0.0356. The predicted molar refractivity (Wildman–Crippen MR) is 53.7 cm³/mol. The molecule has 1 fully saturated rings. The van der Waals surface area contributed by atoms with Crippen molar-refractivity contribution in [1.82, 2.24) is 15.3 Å². The van der Waals surface area contributed by atoms with Gasteiger partial charge in [0.25, 0.3) is 5.91 Å². The van der Waals surface area contributed by atoms with Gasteiger partial charge >= 0.3 is 0 Å². The molecule has 1 aliphatic rings. The Labute approximate surface area is 85.0 Å². The fourth-order valence-corrected chi connectivity index (χ4v) is 1.77. The van der Waals surface area contributed by atoms with E-state index in [4.69, 9.17) is 4.84 Å². The van der Waals surface area contributed by atoms with Crippen LogP contribution in [0.25, 0.3) is 0 Å². The van der Waals surface area contributed by atoms with Gasteiger partial charge in [-0.3, -0.25) is 9.63 Å². The average molecular weight is 201 g/mol. The molecule has 1 heterocycles. The van der Waals surface area contributed by atoms with Crippen LogP contribution in [0.4, 0.5) is 0 Å². The lowest BCUT2D eigenvalue weighted by molar-refractivity contribution is -0.177. The number of amides is 1. The number of nitrogens with zero attached hydrogens (tertiary/aromatic N) is 2. The molecule has 0 bridgehead atoms. The lowest BCUT2D eigenvalue weighted by Gasteiger charge is -2.39. The van der Waals surface area contributed by atoms with E-state index < -0.39 is 5.54 Å². The Morgan fingerprint density at radius 1 is 1.64 bits per heavy atom. The van der Waals surface area contributed by atoms with Crippen LogP contribution in [0.2, 0.25) is 0 Å². The fraction of sp³-hybridized carbons (Fsp3) is 0.889. The standard InChI is InChI=1S/C9H19N3O2/c1-9(8(13)12(3)14-4)7-11(2)6-5-10-9/h10H,5-7H2,1-4H3. The molecule has 0 aromatic rings. The van der Waals surface area contributed by atoms with Crippen LogP contribution in [0.3, 0.4) is 0 Å². The molecule has 1 aliphatic heterocycles. The van der Waals surface area contributed by atoms with Crippen molar-refractivity contribution in [3.63, 3.8) is 0 Å². The topological polar surface area (TPSA) is 44.8 Å². The van der Waals surface area contributed by atoms with Crippen molar-refractivity contribution in [1.29, 1.82) is 0 Å². The fourth-order valence-electron chi connectivity index (χ4n) is 1.77. The summed E-state index contributed by atoms with van der Waals surface area (Å²) in [7, 11) is 5.14. The molecule has 5 heteroatoms. The van der Waals surface area contributed by atoms with Gasteiger partial charge in [-0.15, -0.1) is 0 Å². The van der Waals surface area contributed by atoms with Crippen molar-refractivity contribution >= 4 is 5.91 Å². The van der Waals surface area contributed by atoms with E-state index in [1.165, 1.54) is 12.2 Å². The molecule has 14 heavy (non-hydrogen) atoms. The zero-order valence-corrected chi connectivity index (χ0v) is 9.33. The summed E-state index contributed by atoms with van der Waals surface area (Å²) in [5, 5.41) is 4.50. The maximum absolute atomic E-state index is 11.9. The monoisotopic (exact) mass is 201 g/mol. The number of hydrogen-bond donors (Lipinski definition) is 1. The Morgan fingerprint density at radius 2 is 2.29 bits per heavy atom. The van der Waals surface area contributed by atoms with Crippen molar-refractivity contribution in [2.45, 2.75) is 12.5 Å². The van der Waals surface area contributed by atoms with Crippen molar-refractivity contribution in [3.8, 4) is 0 Å².